The highest BCUT2D eigenvalue weighted by atomic mass is 32.2. The number of thioether (sulfide) groups is 2. The number of anilines is 1. The minimum Gasteiger partial charge on any atom is -0.454 e. The maximum atomic E-state index is 13.2. The number of carbonyl (C=O) groups is 1. The lowest BCUT2D eigenvalue weighted by atomic mass is 10.2. The summed E-state index contributed by atoms with van der Waals surface area (Å²) in [5.74, 6) is 1.19. The maximum Gasteiger partial charge on any atom is 0.272 e. The zero-order chi connectivity index (χ0) is 21.4. The molecule has 7 nitrogen and oxygen atoms in total. The average molecular weight is 454 g/mol. The third-order valence-electron chi connectivity index (χ3n) is 4.88. The van der Waals surface area contributed by atoms with Gasteiger partial charge >= 0.3 is 0 Å². The summed E-state index contributed by atoms with van der Waals surface area (Å²) in [6, 6.07) is 14.7. The van der Waals surface area contributed by atoms with E-state index < -0.39 is 0 Å². The lowest BCUT2D eigenvalue weighted by molar-refractivity contribution is -0.113. The number of fused-ring (bicyclic) bond motifs is 2. The van der Waals surface area contributed by atoms with Crippen molar-refractivity contribution in [1.29, 1.82) is 0 Å². The third kappa shape index (κ3) is 4.03. The molecule has 5 rings (SSSR count). The predicted octanol–water partition coefficient (Wildman–Crippen LogP) is 3.73. The van der Waals surface area contributed by atoms with Crippen LogP contribution in [0.3, 0.4) is 0 Å². The fourth-order valence-corrected chi connectivity index (χ4v) is 5.43. The Bertz CT molecular complexity index is 1210. The molecule has 31 heavy (non-hydrogen) atoms. The van der Waals surface area contributed by atoms with E-state index in [0.29, 0.717) is 32.5 Å². The van der Waals surface area contributed by atoms with E-state index >= 15 is 0 Å². The average Bonchev–Trinajstić information content (AvgIpc) is 3.38. The molecule has 1 aromatic heterocycles. The van der Waals surface area contributed by atoms with Crippen LogP contribution in [0.15, 0.2) is 63.4 Å². The van der Waals surface area contributed by atoms with Crippen molar-refractivity contribution < 1.29 is 14.3 Å². The summed E-state index contributed by atoms with van der Waals surface area (Å²) in [5.41, 5.74) is 2.10. The number of hydrogen-bond acceptors (Lipinski definition) is 7. The highest BCUT2D eigenvalue weighted by Gasteiger charge is 2.27. The standard InChI is InChI=1S/C22H19N3O4S2/c1-13-9-16-20(31-13)21(27)25(15-5-3-2-4-6-15)22(24-16)30-11-19(26)23-14-7-8-17-18(10-14)29-12-28-17/h2-8,10,13H,9,11-12H2,1H3,(H,23,26). The second-order valence-corrected chi connectivity index (χ2v) is 9.57. The van der Waals surface area contributed by atoms with E-state index in [1.165, 1.54) is 11.8 Å². The van der Waals surface area contributed by atoms with Gasteiger partial charge in [-0.3, -0.25) is 14.2 Å². The second kappa shape index (κ2) is 8.32. The van der Waals surface area contributed by atoms with Crippen LogP contribution in [0, 0.1) is 0 Å². The van der Waals surface area contributed by atoms with Gasteiger partial charge in [0.25, 0.3) is 5.56 Å². The van der Waals surface area contributed by atoms with Gasteiger partial charge in [-0.2, -0.15) is 0 Å². The molecule has 3 aromatic rings. The molecule has 0 spiro atoms. The molecule has 0 radical (unpaired) electrons. The van der Waals surface area contributed by atoms with Crippen molar-refractivity contribution in [2.24, 2.45) is 0 Å². The molecular formula is C22H19N3O4S2. The van der Waals surface area contributed by atoms with Crippen LogP contribution < -0.4 is 20.3 Å². The van der Waals surface area contributed by atoms with Crippen LogP contribution in [0.25, 0.3) is 5.69 Å². The van der Waals surface area contributed by atoms with E-state index in [1.54, 1.807) is 34.5 Å². The number of nitrogens with zero attached hydrogens (tertiary/aromatic N) is 2. The summed E-state index contributed by atoms with van der Waals surface area (Å²) < 4.78 is 12.2. The van der Waals surface area contributed by atoms with E-state index in [1.807, 2.05) is 30.3 Å². The van der Waals surface area contributed by atoms with Gasteiger partial charge in [0.2, 0.25) is 12.7 Å². The largest absolute Gasteiger partial charge is 0.454 e. The van der Waals surface area contributed by atoms with E-state index in [9.17, 15) is 9.59 Å². The first-order chi connectivity index (χ1) is 15.1. The van der Waals surface area contributed by atoms with Gasteiger partial charge in [-0.25, -0.2) is 4.98 Å². The second-order valence-electron chi connectivity index (χ2n) is 7.18. The smallest absolute Gasteiger partial charge is 0.272 e. The van der Waals surface area contributed by atoms with Crippen LogP contribution in [0.1, 0.15) is 12.6 Å². The molecule has 0 fully saturated rings. The molecule has 0 bridgehead atoms. The van der Waals surface area contributed by atoms with Gasteiger partial charge in [-0.1, -0.05) is 36.9 Å². The van der Waals surface area contributed by atoms with E-state index in [2.05, 4.69) is 12.2 Å². The molecule has 0 saturated heterocycles. The van der Waals surface area contributed by atoms with Gasteiger partial charge in [0.05, 0.1) is 22.0 Å². The number of nitrogens with one attached hydrogen (secondary N) is 1. The fourth-order valence-electron chi connectivity index (χ4n) is 3.50. The number of hydrogen-bond donors (Lipinski definition) is 1. The monoisotopic (exact) mass is 453 g/mol. The van der Waals surface area contributed by atoms with Crippen molar-refractivity contribution in [3.63, 3.8) is 0 Å². The number of para-hydroxylation sites is 1. The molecule has 1 amide bonds. The minimum absolute atomic E-state index is 0.0794. The maximum absolute atomic E-state index is 13.2. The summed E-state index contributed by atoms with van der Waals surface area (Å²) in [6.45, 7) is 2.27. The molecule has 2 aromatic carbocycles. The van der Waals surface area contributed by atoms with Gasteiger partial charge in [0.1, 0.15) is 0 Å². The summed E-state index contributed by atoms with van der Waals surface area (Å²) in [4.78, 5) is 31.3. The van der Waals surface area contributed by atoms with Crippen LogP contribution in [-0.4, -0.2) is 33.3 Å². The Morgan fingerprint density at radius 3 is 2.87 bits per heavy atom. The van der Waals surface area contributed by atoms with Crippen molar-refractivity contribution >= 4 is 35.1 Å². The van der Waals surface area contributed by atoms with Gasteiger partial charge in [-0.15, -0.1) is 11.8 Å². The van der Waals surface area contributed by atoms with E-state index in [-0.39, 0.29) is 24.0 Å². The van der Waals surface area contributed by atoms with Gasteiger partial charge in [0.15, 0.2) is 16.7 Å². The van der Waals surface area contributed by atoms with E-state index in [4.69, 9.17) is 14.5 Å². The first kappa shape index (κ1) is 20.0. The topological polar surface area (TPSA) is 82.4 Å². The molecule has 1 unspecified atom stereocenters. The minimum atomic E-state index is -0.194. The normalized spacial score (nSPS) is 16.2. The van der Waals surface area contributed by atoms with Crippen LogP contribution >= 0.6 is 23.5 Å². The molecule has 1 N–H and O–H groups in total. The van der Waals surface area contributed by atoms with Crippen LogP contribution in [0.5, 0.6) is 11.5 Å². The van der Waals surface area contributed by atoms with Gasteiger partial charge in [0, 0.05) is 23.4 Å². The first-order valence-electron chi connectivity index (χ1n) is 9.79. The van der Waals surface area contributed by atoms with Crippen LogP contribution in [0.2, 0.25) is 0 Å². The van der Waals surface area contributed by atoms with E-state index in [0.717, 1.165) is 17.8 Å². The van der Waals surface area contributed by atoms with Crippen molar-refractivity contribution in [2.45, 2.75) is 28.6 Å². The molecule has 0 saturated carbocycles. The fraction of sp³-hybridized carbons (Fsp3) is 0.227. The number of ether oxygens (including phenoxy) is 2. The number of rotatable bonds is 5. The number of carbonyl (C=O) groups excluding carboxylic acids is 1. The SMILES string of the molecule is CC1Cc2nc(SCC(=O)Nc3ccc4c(c3)OCO4)n(-c3ccccc3)c(=O)c2S1. The molecular weight excluding hydrogens is 434 g/mol. The van der Waals surface area contributed by atoms with Crippen LogP contribution in [-0.2, 0) is 11.2 Å². The first-order valence-corrected chi connectivity index (χ1v) is 11.7. The summed E-state index contributed by atoms with van der Waals surface area (Å²) >= 11 is 2.82. The molecule has 2 aliphatic heterocycles. The van der Waals surface area contributed by atoms with Crippen molar-refractivity contribution in [1.82, 2.24) is 9.55 Å². The summed E-state index contributed by atoms with van der Waals surface area (Å²) in [7, 11) is 0. The Balaban J connectivity index is 1.38. The molecule has 9 heteroatoms. The lowest BCUT2D eigenvalue weighted by Crippen LogP contribution is -2.24. The summed E-state index contributed by atoms with van der Waals surface area (Å²) in [5, 5.41) is 3.69. The molecule has 1 atom stereocenters. The third-order valence-corrected chi connectivity index (χ3v) is 7.04. The predicted molar refractivity (Wildman–Crippen MR) is 121 cm³/mol. The Morgan fingerprint density at radius 1 is 1.23 bits per heavy atom. The molecule has 0 aliphatic carbocycles. The highest BCUT2D eigenvalue weighted by molar-refractivity contribution is 8.00. The van der Waals surface area contributed by atoms with Gasteiger partial charge in [-0.05, 0) is 24.3 Å². The van der Waals surface area contributed by atoms with Crippen LogP contribution in [0.4, 0.5) is 5.69 Å². The zero-order valence-electron chi connectivity index (χ0n) is 16.7. The summed E-state index contributed by atoms with van der Waals surface area (Å²) in [6.07, 6.45) is 0.752. The van der Waals surface area contributed by atoms with Crippen molar-refractivity contribution in [3.05, 3.63) is 64.6 Å². The Morgan fingerprint density at radius 2 is 2.03 bits per heavy atom. The quantitative estimate of drug-likeness (QED) is 0.466. The zero-order valence-corrected chi connectivity index (χ0v) is 18.3. The molecule has 3 heterocycles. The Labute approximate surface area is 187 Å². The Kier molecular flexibility index (Phi) is 5.37. The highest BCUT2D eigenvalue weighted by Crippen LogP contribution is 2.36. The lowest BCUT2D eigenvalue weighted by Gasteiger charge is -2.13. The molecule has 158 valence electrons. The number of amides is 1. The molecule has 2 aliphatic rings. The number of aromatic nitrogens is 2. The van der Waals surface area contributed by atoms with Gasteiger partial charge < -0.3 is 14.8 Å². The Hall–Kier alpha value is -2.91. The number of benzene rings is 2. The van der Waals surface area contributed by atoms with Crippen molar-refractivity contribution in [2.75, 3.05) is 17.9 Å². The van der Waals surface area contributed by atoms with Crippen molar-refractivity contribution in [3.8, 4) is 17.2 Å².